The van der Waals surface area contributed by atoms with E-state index in [2.05, 4.69) is 10.3 Å². The quantitative estimate of drug-likeness (QED) is 0.824. The maximum atomic E-state index is 11.6. The molecule has 0 spiro atoms. The Bertz CT molecular complexity index is 469. The van der Waals surface area contributed by atoms with E-state index in [0.29, 0.717) is 18.0 Å². The van der Waals surface area contributed by atoms with Crippen LogP contribution in [0.25, 0.3) is 0 Å². The SMILES string of the molecule is CC(C)Oc1ncc(C(=O)NCCCl)cc1C#N. The van der Waals surface area contributed by atoms with Gasteiger partial charge in [0.2, 0.25) is 5.88 Å². The Morgan fingerprint density at radius 2 is 2.39 bits per heavy atom. The average molecular weight is 268 g/mol. The predicted molar refractivity (Wildman–Crippen MR) is 67.8 cm³/mol. The van der Waals surface area contributed by atoms with Crippen LogP contribution in [0.2, 0.25) is 0 Å². The van der Waals surface area contributed by atoms with Gasteiger partial charge in [0.05, 0.1) is 11.7 Å². The third-order valence-corrected chi connectivity index (χ3v) is 2.15. The number of amides is 1. The molecule has 0 aromatic carbocycles. The number of rotatable bonds is 5. The Labute approximate surface area is 111 Å². The van der Waals surface area contributed by atoms with Crippen LogP contribution < -0.4 is 10.1 Å². The zero-order valence-electron chi connectivity index (χ0n) is 10.2. The van der Waals surface area contributed by atoms with E-state index >= 15 is 0 Å². The van der Waals surface area contributed by atoms with E-state index < -0.39 is 0 Å². The summed E-state index contributed by atoms with van der Waals surface area (Å²) in [4.78, 5) is 15.6. The monoisotopic (exact) mass is 267 g/mol. The van der Waals surface area contributed by atoms with Crippen LogP contribution in [0.3, 0.4) is 0 Å². The van der Waals surface area contributed by atoms with Gasteiger partial charge < -0.3 is 10.1 Å². The van der Waals surface area contributed by atoms with Gasteiger partial charge in [-0.25, -0.2) is 4.98 Å². The summed E-state index contributed by atoms with van der Waals surface area (Å²) in [6.07, 6.45) is 1.29. The summed E-state index contributed by atoms with van der Waals surface area (Å²) < 4.78 is 5.37. The Morgan fingerprint density at radius 1 is 1.67 bits per heavy atom. The van der Waals surface area contributed by atoms with E-state index in [9.17, 15) is 4.79 Å². The summed E-state index contributed by atoms with van der Waals surface area (Å²) in [5.41, 5.74) is 0.551. The topological polar surface area (TPSA) is 75.0 Å². The van der Waals surface area contributed by atoms with Crippen LogP contribution in [0.15, 0.2) is 12.3 Å². The van der Waals surface area contributed by atoms with Gasteiger partial charge in [0.15, 0.2) is 0 Å². The number of carbonyl (C=O) groups excluding carboxylic acids is 1. The normalized spacial score (nSPS) is 9.94. The molecule has 0 saturated heterocycles. The fraction of sp³-hybridized carbons (Fsp3) is 0.417. The van der Waals surface area contributed by atoms with Crippen LogP contribution in [0.4, 0.5) is 0 Å². The molecule has 0 aliphatic carbocycles. The van der Waals surface area contributed by atoms with Crippen LogP contribution in [-0.2, 0) is 0 Å². The van der Waals surface area contributed by atoms with Crippen LogP contribution in [0.5, 0.6) is 5.88 Å². The zero-order chi connectivity index (χ0) is 13.5. The number of carbonyl (C=O) groups is 1. The first-order chi connectivity index (χ1) is 8.58. The van der Waals surface area contributed by atoms with Crippen molar-refractivity contribution < 1.29 is 9.53 Å². The van der Waals surface area contributed by atoms with Gasteiger partial charge in [-0.3, -0.25) is 4.79 Å². The van der Waals surface area contributed by atoms with Gasteiger partial charge in [-0.1, -0.05) is 0 Å². The standard InChI is InChI=1S/C12H14ClN3O2/c1-8(2)18-12-9(6-14)5-10(7-16-12)11(17)15-4-3-13/h5,7-8H,3-4H2,1-2H3,(H,15,17). The van der Waals surface area contributed by atoms with Gasteiger partial charge in [-0.15, -0.1) is 11.6 Å². The number of hydrogen-bond acceptors (Lipinski definition) is 4. The lowest BCUT2D eigenvalue weighted by molar-refractivity contribution is 0.0955. The average Bonchev–Trinajstić information content (AvgIpc) is 2.35. The Kier molecular flexibility index (Phi) is 5.40. The largest absolute Gasteiger partial charge is 0.474 e. The van der Waals surface area contributed by atoms with Crippen molar-refractivity contribution >= 4 is 17.5 Å². The highest BCUT2D eigenvalue weighted by molar-refractivity contribution is 6.18. The fourth-order valence-electron chi connectivity index (χ4n) is 1.24. The van der Waals surface area contributed by atoms with Crippen molar-refractivity contribution in [1.29, 1.82) is 5.26 Å². The lowest BCUT2D eigenvalue weighted by Gasteiger charge is -2.10. The van der Waals surface area contributed by atoms with Crippen LogP contribution in [0.1, 0.15) is 29.8 Å². The van der Waals surface area contributed by atoms with E-state index in [1.807, 2.05) is 19.9 Å². The molecule has 0 atom stereocenters. The van der Waals surface area contributed by atoms with Crippen molar-refractivity contribution in [2.24, 2.45) is 0 Å². The molecule has 1 aromatic rings. The van der Waals surface area contributed by atoms with E-state index in [1.54, 1.807) is 0 Å². The van der Waals surface area contributed by atoms with E-state index in [1.165, 1.54) is 12.3 Å². The van der Waals surface area contributed by atoms with Crippen LogP contribution in [-0.4, -0.2) is 29.4 Å². The fourth-order valence-corrected chi connectivity index (χ4v) is 1.33. The van der Waals surface area contributed by atoms with E-state index in [0.717, 1.165) is 0 Å². The second-order valence-corrected chi connectivity index (χ2v) is 4.18. The summed E-state index contributed by atoms with van der Waals surface area (Å²) in [7, 11) is 0. The van der Waals surface area contributed by atoms with E-state index in [-0.39, 0.29) is 23.5 Å². The molecule has 6 heteroatoms. The molecule has 0 radical (unpaired) electrons. The van der Waals surface area contributed by atoms with Gasteiger partial charge in [-0.2, -0.15) is 5.26 Å². The minimum absolute atomic E-state index is 0.0828. The highest BCUT2D eigenvalue weighted by atomic mass is 35.5. The van der Waals surface area contributed by atoms with Gasteiger partial charge in [-0.05, 0) is 19.9 Å². The minimum atomic E-state index is -0.309. The maximum absolute atomic E-state index is 11.6. The molecule has 0 unspecified atom stereocenters. The number of alkyl halides is 1. The molecule has 1 heterocycles. The molecule has 1 amide bonds. The van der Waals surface area contributed by atoms with Crippen molar-refractivity contribution in [2.45, 2.75) is 20.0 Å². The Morgan fingerprint density at radius 3 is 2.94 bits per heavy atom. The molecule has 0 fully saturated rings. The predicted octanol–water partition coefficient (Wildman–Crippen LogP) is 1.71. The summed E-state index contributed by atoms with van der Waals surface area (Å²) in [5.74, 6) is 0.260. The second kappa shape index (κ2) is 6.82. The molecule has 5 nitrogen and oxygen atoms in total. The smallest absolute Gasteiger partial charge is 0.252 e. The zero-order valence-corrected chi connectivity index (χ0v) is 11.0. The molecule has 1 aromatic heterocycles. The lowest BCUT2D eigenvalue weighted by Crippen LogP contribution is -2.25. The third-order valence-electron chi connectivity index (χ3n) is 1.96. The molecular formula is C12H14ClN3O2. The number of nitrogens with zero attached hydrogens (tertiary/aromatic N) is 2. The number of nitriles is 1. The molecule has 96 valence electrons. The van der Waals surface area contributed by atoms with Crippen molar-refractivity contribution in [3.8, 4) is 11.9 Å². The van der Waals surface area contributed by atoms with Crippen molar-refractivity contribution in [3.05, 3.63) is 23.4 Å². The summed E-state index contributed by atoms with van der Waals surface area (Å²) in [6.45, 7) is 4.04. The first kappa shape index (κ1) is 14.3. The molecule has 0 bridgehead atoms. The number of halogens is 1. The molecular weight excluding hydrogens is 254 g/mol. The van der Waals surface area contributed by atoms with Crippen molar-refractivity contribution in [2.75, 3.05) is 12.4 Å². The molecule has 1 N–H and O–H groups in total. The van der Waals surface area contributed by atoms with Crippen molar-refractivity contribution in [3.63, 3.8) is 0 Å². The van der Waals surface area contributed by atoms with Crippen LogP contribution in [0, 0.1) is 11.3 Å². The highest BCUT2D eigenvalue weighted by Crippen LogP contribution is 2.17. The lowest BCUT2D eigenvalue weighted by atomic mass is 10.2. The van der Waals surface area contributed by atoms with Gasteiger partial charge in [0.1, 0.15) is 11.6 Å². The molecule has 0 saturated carbocycles. The summed E-state index contributed by atoms with van der Waals surface area (Å²) in [6, 6.07) is 3.41. The number of hydrogen-bond donors (Lipinski definition) is 1. The molecule has 0 aliphatic heterocycles. The van der Waals surface area contributed by atoms with Gasteiger partial charge >= 0.3 is 0 Å². The number of nitrogens with one attached hydrogen (secondary N) is 1. The highest BCUT2D eigenvalue weighted by Gasteiger charge is 2.12. The third kappa shape index (κ3) is 3.90. The Hall–Kier alpha value is -1.80. The Balaban J connectivity index is 2.92. The molecule has 18 heavy (non-hydrogen) atoms. The van der Waals surface area contributed by atoms with Crippen LogP contribution >= 0.6 is 11.6 Å². The first-order valence-corrected chi connectivity index (χ1v) is 6.03. The number of aromatic nitrogens is 1. The molecule has 1 rings (SSSR count). The number of pyridine rings is 1. The summed E-state index contributed by atoms with van der Waals surface area (Å²) >= 11 is 5.47. The van der Waals surface area contributed by atoms with Gasteiger partial charge in [0, 0.05) is 18.6 Å². The molecule has 0 aliphatic rings. The number of ether oxygens (including phenoxy) is 1. The first-order valence-electron chi connectivity index (χ1n) is 5.49. The second-order valence-electron chi connectivity index (χ2n) is 3.80. The van der Waals surface area contributed by atoms with E-state index in [4.69, 9.17) is 21.6 Å². The maximum Gasteiger partial charge on any atom is 0.252 e. The van der Waals surface area contributed by atoms with Crippen molar-refractivity contribution in [1.82, 2.24) is 10.3 Å². The minimum Gasteiger partial charge on any atom is -0.474 e. The van der Waals surface area contributed by atoms with Gasteiger partial charge in [0.25, 0.3) is 5.91 Å². The summed E-state index contributed by atoms with van der Waals surface area (Å²) in [5, 5.41) is 11.6.